The Kier molecular flexibility index (Phi) is 11.4. The molecular weight excluding hydrogens is 665 g/mol. The number of benzene rings is 4. The molecule has 0 spiro atoms. The summed E-state index contributed by atoms with van der Waals surface area (Å²) in [6.07, 6.45) is 0.172. The molecule has 0 fully saturated rings. The van der Waals surface area contributed by atoms with Gasteiger partial charge in [0.15, 0.2) is 0 Å². The predicted octanol–water partition coefficient (Wildman–Crippen LogP) is 7.71. The van der Waals surface area contributed by atoms with Crippen LogP contribution in [0.2, 0.25) is 15.1 Å². The van der Waals surface area contributed by atoms with Crippen LogP contribution in [0.3, 0.4) is 0 Å². The molecule has 46 heavy (non-hydrogen) atoms. The standard InChI is InChI=1S/C35H36Cl3N3O4S/c1-24-10-18-30(19-11-24)46(44,45)41(29-16-14-27(36)15-17-29)23-33(42)40(22-26-12-13-28(37)21-31(26)38)32(34(43)39-35(2,3)4)20-25-8-6-5-7-9-25/h5-19,21,32H,20,22-23H2,1-4H3,(H,39,43). The third-order valence-corrected chi connectivity index (χ3v) is 9.75. The predicted molar refractivity (Wildman–Crippen MR) is 186 cm³/mol. The van der Waals surface area contributed by atoms with Gasteiger partial charge in [-0.2, -0.15) is 0 Å². The molecule has 0 saturated carbocycles. The first-order valence-corrected chi connectivity index (χ1v) is 17.2. The number of amides is 2. The maximum atomic E-state index is 14.6. The van der Waals surface area contributed by atoms with Crippen LogP contribution in [-0.2, 0) is 32.6 Å². The summed E-state index contributed by atoms with van der Waals surface area (Å²) in [5, 5.41) is 4.13. The topological polar surface area (TPSA) is 86.8 Å². The highest BCUT2D eigenvalue weighted by Crippen LogP contribution is 2.28. The third kappa shape index (κ3) is 9.26. The van der Waals surface area contributed by atoms with Gasteiger partial charge in [0.25, 0.3) is 10.0 Å². The Morgan fingerprint density at radius 1 is 0.826 bits per heavy atom. The molecule has 242 valence electrons. The van der Waals surface area contributed by atoms with Crippen LogP contribution >= 0.6 is 34.8 Å². The van der Waals surface area contributed by atoms with Gasteiger partial charge in [0.2, 0.25) is 11.8 Å². The zero-order valence-corrected chi connectivity index (χ0v) is 29.1. The van der Waals surface area contributed by atoms with Gasteiger partial charge >= 0.3 is 0 Å². The van der Waals surface area contributed by atoms with Gasteiger partial charge in [-0.1, -0.05) is 88.9 Å². The lowest BCUT2D eigenvalue weighted by Gasteiger charge is -2.35. The molecule has 0 aliphatic heterocycles. The number of rotatable bonds is 11. The molecule has 4 aromatic rings. The molecule has 2 amide bonds. The zero-order chi connectivity index (χ0) is 33.6. The molecule has 0 aromatic heterocycles. The van der Waals surface area contributed by atoms with E-state index in [1.54, 1.807) is 42.5 Å². The molecule has 0 aliphatic rings. The maximum Gasteiger partial charge on any atom is 0.264 e. The van der Waals surface area contributed by atoms with Crippen LogP contribution in [-0.4, -0.2) is 43.3 Å². The summed E-state index contributed by atoms with van der Waals surface area (Å²) >= 11 is 18.9. The normalized spacial score (nSPS) is 12.3. The second-order valence-corrected chi connectivity index (χ2v) is 15.1. The number of halogens is 3. The summed E-state index contributed by atoms with van der Waals surface area (Å²) in [7, 11) is -4.23. The van der Waals surface area contributed by atoms with Crippen LogP contribution < -0.4 is 9.62 Å². The Balaban J connectivity index is 1.83. The van der Waals surface area contributed by atoms with Crippen molar-refractivity contribution >= 4 is 62.3 Å². The van der Waals surface area contributed by atoms with Crippen molar-refractivity contribution in [3.8, 4) is 0 Å². The summed E-state index contributed by atoms with van der Waals surface area (Å²) in [5.74, 6) is -1.00. The van der Waals surface area contributed by atoms with Crippen LogP contribution in [0.5, 0.6) is 0 Å². The number of nitrogens with zero attached hydrogens (tertiary/aromatic N) is 2. The quantitative estimate of drug-likeness (QED) is 0.174. The van der Waals surface area contributed by atoms with E-state index in [1.807, 2.05) is 58.0 Å². The number of aryl methyl sites for hydroxylation is 1. The van der Waals surface area contributed by atoms with Gasteiger partial charge in [0.05, 0.1) is 10.6 Å². The lowest BCUT2D eigenvalue weighted by atomic mass is 10.0. The molecule has 0 heterocycles. The summed E-state index contributed by atoms with van der Waals surface area (Å²) in [5.41, 5.74) is 1.87. The van der Waals surface area contributed by atoms with Gasteiger partial charge in [-0.25, -0.2) is 8.42 Å². The lowest BCUT2D eigenvalue weighted by molar-refractivity contribution is -0.140. The van der Waals surface area contributed by atoms with E-state index in [0.717, 1.165) is 15.4 Å². The largest absolute Gasteiger partial charge is 0.350 e. The van der Waals surface area contributed by atoms with E-state index in [-0.39, 0.29) is 23.5 Å². The van der Waals surface area contributed by atoms with Gasteiger partial charge < -0.3 is 10.2 Å². The first-order chi connectivity index (χ1) is 21.6. The number of carbonyl (C=O) groups excluding carboxylic acids is 2. The first kappa shape index (κ1) is 35.3. The van der Waals surface area contributed by atoms with E-state index in [4.69, 9.17) is 34.8 Å². The van der Waals surface area contributed by atoms with Crippen molar-refractivity contribution in [2.24, 2.45) is 0 Å². The Bertz CT molecular complexity index is 1780. The second kappa shape index (κ2) is 14.9. The lowest BCUT2D eigenvalue weighted by Crippen LogP contribution is -2.56. The molecule has 7 nitrogen and oxygen atoms in total. The van der Waals surface area contributed by atoms with Crippen LogP contribution in [0, 0.1) is 6.92 Å². The average molecular weight is 701 g/mol. The van der Waals surface area contributed by atoms with Gasteiger partial charge in [-0.15, -0.1) is 0 Å². The number of hydrogen-bond acceptors (Lipinski definition) is 4. The molecule has 4 rings (SSSR count). The van der Waals surface area contributed by atoms with E-state index >= 15 is 0 Å². The van der Waals surface area contributed by atoms with Gasteiger partial charge in [-0.05, 0) is 87.4 Å². The minimum absolute atomic E-state index is 0.0134. The molecule has 0 saturated heterocycles. The average Bonchev–Trinajstić information content (AvgIpc) is 2.99. The smallest absolute Gasteiger partial charge is 0.264 e. The van der Waals surface area contributed by atoms with Gasteiger partial charge in [-0.3, -0.25) is 13.9 Å². The molecule has 0 bridgehead atoms. The van der Waals surface area contributed by atoms with Gasteiger partial charge in [0.1, 0.15) is 12.6 Å². The highest BCUT2D eigenvalue weighted by Gasteiger charge is 2.36. The number of anilines is 1. The van der Waals surface area contributed by atoms with E-state index in [0.29, 0.717) is 20.6 Å². The molecular formula is C35H36Cl3N3O4S. The Morgan fingerprint density at radius 3 is 2.02 bits per heavy atom. The van der Waals surface area contributed by atoms with E-state index in [2.05, 4.69) is 5.32 Å². The Labute approximate surface area is 286 Å². The number of carbonyl (C=O) groups is 2. The maximum absolute atomic E-state index is 14.6. The fraction of sp³-hybridized carbons (Fsp3) is 0.257. The van der Waals surface area contributed by atoms with E-state index in [1.165, 1.54) is 29.2 Å². The first-order valence-electron chi connectivity index (χ1n) is 14.6. The van der Waals surface area contributed by atoms with Crippen LogP contribution in [0.15, 0.2) is 102 Å². The monoisotopic (exact) mass is 699 g/mol. The Hall–Kier alpha value is -3.56. The Morgan fingerprint density at radius 2 is 1.43 bits per heavy atom. The molecule has 1 unspecified atom stereocenters. The van der Waals surface area contributed by atoms with Crippen molar-refractivity contribution in [3.05, 3.63) is 129 Å². The van der Waals surface area contributed by atoms with Crippen LogP contribution in [0.1, 0.15) is 37.5 Å². The molecule has 0 aliphatic carbocycles. The molecule has 0 radical (unpaired) electrons. The van der Waals surface area contributed by atoms with Crippen molar-refractivity contribution in [1.29, 1.82) is 0 Å². The van der Waals surface area contributed by atoms with Crippen molar-refractivity contribution in [2.75, 3.05) is 10.8 Å². The SMILES string of the molecule is Cc1ccc(S(=O)(=O)N(CC(=O)N(Cc2ccc(Cl)cc2Cl)C(Cc2ccccc2)C(=O)NC(C)(C)C)c2ccc(Cl)cc2)cc1. The van der Waals surface area contributed by atoms with Crippen LogP contribution in [0.25, 0.3) is 0 Å². The summed E-state index contributed by atoms with van der Waals surface area (Å²) < 4.78 is 29.3. The minimum Gasteiger partial charge on any atom is -0.350 e. The van der Waals surface area contributed by atoms with Crippen molar-refractivity contribution in [3.63, 3.8) is 0 Å². The van der Waals surface area contributed by atoms with Crippen molar-refractivity contribution < 1.29 is 18.0 Å². The van der Waals surface area contributed by atoms with E-state index in [9.17, 15) is 18.0 Å². The number of hydrogen-bond donors (Lipinski definition) is 1. The van der Waals surface area contributed by atoms with Crippen LogP contribution in [0.4, 0.5) is 5.69 Å². The molecule has 4 aromatic carbocycles. The fourth-order valence-corrected chi connectivity index (χ4v) is 6.82. The van der Waals surface area contributed by atoms with Crippen molar-refractivity contribution in [1.82, 2.24) is 10.2 Å². The van der Waals surface area contributed by atoms with Crippen molar-refractivity contribution in [2.45, 2.75) is 57.1 Å². The summed E-state index contributed by atoms with van der Waals surface area (Å²) in [6.45, 7) is 6.72. The summed E-state index contributed by atoms with van der Waals surface area (Å²) in [4.78, 5) is 29.9. The molecule has 1 N–H and O–H groups in total. The zero-order valence-electron chi connectivity index (χ0n) is 26.0. The highest BCUT2D eigenvalue weighted by atomic mass is 35.5. The minimum atomic E-state index is -4.23. The highest BCUT2D eigenvalue weighted by molar-refractivity contribution is 7.92. The fourth-order valence-electron chi connectivity index (χ4n) is 4.81. The third-order valence-electron chi connectivity index (χ3n) is 7.13. The molecule has 1 atom stereocenters. The number of sulfonamides is 1. The second-order valence-electron chi connectivity index (χ2n) is 12.0. The van der Waals surface area contributed by atoms with E-state index < -0.39 is 40.0 Å². The molecule has 11 heteroatoms. The number of nitrogens with one attached hydrogen (secondary N) is 1. The summed E-state index contributed by atoms with van der Waals surface area (Å²) in [6, 6.07) is 25.8. The van der Waals surface area contributed by atoms with Gasteiger partial charge in [0, 0.05) is 33.6 Å².